The summed E-state index contributed by atoms with van der Waals surface area (Å²) in [5.41, 5.74) is 0. The van der Waals surface area contributed by atoms with E-state index in [2.05, 4.69) is 13.8 Å². The van der Waals surface area contributed by atoms with E-state index in [9.17, 15) is 0 Å². The van der Waals surface area contributed by atoms with Gasteiger partial charge < -0.3 is 14.2 Å². The zero-order valence-electron chi connectivity index (χ0n) is 19.9. The van der Waals surface area contributed by atoms with E-state index < -0.39 is 0 Å². The molecule has 0 bridgehead atoms. The summed E-state index contributed by atoms with van der Waals surface area (Å²) in [4.78, 5) is 0. The van der Waals surface area contributed by atoms with Gasteiger partial charge in [-0.05, 0) is 19.3 Å². The Bertz CT molecular complexity index is 321. The van der Waals surface area contributed by atoms with E-state index >= 15 is 0 Å². The Hall–Kier alpha value is -0.120. The first-order valence-corrected chi connectivity index (χ1v) is 13.1. The third-order valence-electron chi connectivity index (χ3n) is 6.11. The number of hydrogen-bond donors (Lipinski definition) is 0. The van der Waals surface area contributed by atoms with Crippen molar-refractivity contribution < 1.29 is 14.2 Å². The second-order valence-corrected chi connectivity index (χ2v) is 9.16. The van der Waals surface area contributed by atoms with Gasteiger partial charge in [0.25, 0.3) is 0 Å². The number of unbranched alkanes of at least 4 members (excludes halogenated alkanes) is 14. The van der Waals surface area contributed by atoms with E-state index in [1.165, 1.54) is 103 Å². The average Bonchev–Trinajstić information content (AvgIpc) is 3.18. The summed E-state index contributed by atoms with van der Waals surface area (Å²) < 4.78 is 17.5. The SMILES string of the molecule is CCCCCCCCCCCCCCOCC1COC(COCCCCCC)C1. The molecule has 1 aliphatic heterocycles. The molecule has 3 nitrogen and oxygen atoms in total. The van der Waals surface area contributed by atoms with Crippen LogP contribution in [0, 0.1) is 5.92 Å². The normalized spacial score (nSPS) is 19.2. The fourth-order valence-corrected chi connectivity index (χ4v) is 4.15. The van der Waals surface area contributed by atoms with Gasteiger partial charge in [-0.2, -0.15) is 0 Å². The van der Waals surface area contributed by atoms with Crippen LogP contribution in [0.15, 0.2) is 0 Å². The van der Waals surface area contributed by atoms with E-state index in [4.69, 9.17) is 14.2 Å². The molecular weight excluding hydrogens is 360 g/mol. The maximum absolute atomic E-state index is 5.91. The summed E-state index contributed by atoms with van der Waals surface area (Å²) in [6, 6.07) is 0. The summed E-state index contributed by atoms with van der Waals surface area (Å²) in [6.45, 7) is 8.82. The molecule has 1 saturated heterocycles. The van der Waals surface area contributed by atoms with Crippen LogP contribution >= 0.6 is 0 Å². The predicted octanol–water partition coefficient (Wildman–Crippen LogP) is 7.71. The summed E-state index contributed by atoms with van der Waals surface area (Å²) in [6.07, 6.45) is 23.2. The molecule has 0 aromatic carbocycles. The van der Waals surface area contributed by atoms with Crippen LogP contribution in [0.2, 0.25) is 0 Å². The lowest BCUT2D eigenvalue weighted by atomic mass is 10.1. The lowest BCUT2D eigenvalue weighted by Crippen LogP contribution is -2.15. The van der Waals surface area contributed by atoms with E-state index in [-0.39, 0.29) is 0 Å². The highest BCUT2D eigenvalue weighted by molar-refractivity contribution is 4.73. The maximum atomic E-state index is 5.91. The van der Waals surface area contributed by atoms with Gasteiger partial charge in [-0.1, -0.05) is 104 Å². The second kappa shape index (κ2) is 21.1. The fourth-order valence-electron chi connectivity index (χ4n) is 4.15. The maximum Gasteiger partial charge on any atom is 0.0813 e. The molecule has 0 radical (unpaired) electrons. The lowest BCUT2D eigenvalue weighted by molar-refractivity contribution is 0.0141. The third kappa shape index (κ3) is 17.3. The Kier molecular flexibility index (Phi) is 19.6. The van der Waals surface area contributed by atoms with Crippen molar-refractivity contribution in [1.29, 1.82) is 0 Å². The number of ether oxygens (including phenoxy) is 3. The van der Waals surface area contributed by atoms with Gasteiger partial charge in [0.15, 0.2) is 0 Å². The zero-order valence-corrected chi connectivity index (χ0v) is 19.9. The molecule has 2 atom stereocenters. The first-order chi connectivity index (χ1) is 14.4. The molecular formula is C26H52O3. The Morgan fingerprint density at radius 3 is 1.59 bits per heavy atom. The largest absolute Gasteiger partial charge is 0.381 e. The smallest absolute Gasteiger partial charge is 0.0813 e. The minimum Gasteiger partial charge on any atom is -0.381 e. The summed E-state index contributed by atoms with van der Waals surface area (Å²) in [7, 11) is 0. The van der Waals surface area contributed by atoms with Gasteiger partial charge in [-0.15, -0.1) is 0 Å². The van der Waals surface area contributed by atoms with Crippen LogP contribution in [0.1, 0.15) is 123 Å². The summed E-state index contributed by atoms with van der Waals surface area (Å²) in [5, 5.41) is 0. The van der Waals surface area contributed by atoms with Crippen molar-refractivity contribution in [1.82, 2.24) is 0 Å². The first-order valence-electron chi connectivity index (χ1n) is 13.1. The van der Waals surface area contributed by atoms with E-state index in [1.807, 2.05) is 0 Å². The molecule has 0 amide bonds. The molecule has 2 unspecified atom stereocenters. The van der Waals surface area contributed by atoms with Gasteiger partial charge in [-0.3, -0.25) is 0 Å². The minimum absolute atomic E-state index is 0.293. The van der Waals surface area contributed by atoms with Gasteiger partial charge >= 0.3 is 0 Å². The quantitative estimate of drug-likeness (QED) is 0.170. The molecule has 0 aliphatic carbocycles. The Balaban J connectivity index is 1.76. The highest BCUT2D eigenvalue weighted by Crippen LogP contribution is 2.20. The van der Waals surface area contributed by atoms with Crippen molar-refractivity contribution in [3.63, 3.8) is 0 Å². The van der Waals surface area contributed by atoms with E-state index in [1.54, 1.807) is 0 Å². The Morgan fingerprint density at radius 2 is 1.03 bits per heavy atom. The molecule has 0 spiro atoms. The third-order valence-corrected chi connectivity index (χ3v) is 6.11. The molecule has 1 aliphatic rings. The molecule has 1 rings (SSSR count). The highest BCUT2D eigenvalue weighted by Gasteiger charge is 2.25. The van der Waals surface area contributed by atoms with Gasteiger partial charge in [0.2, 0.25) is 0 Å². The second-order valence-electron chi connectivity index (χ2n) is 9.16. The Labute approximate surface area is 182 Å². The van der Waals surface area contributed by atoms with Crippen LogP contribution in [-0.4, -0.2) is 39.1 Å². The number of rotatable bonds is 22. The van der Waals surface area contributed by atoms with Gasteiger partial charge in [0, 0.05) is 19.1 Å². The van der Waals surface area contributed by atoms with Crippen LogP contribution in [0.4, 0.5) is 0 Å². The van der Waals surface area contributed by atoms with Crippen molar-refractivity contribution in [2.24, 2.45) is 5.92 Å². The van der Waals surface area contributed by atoms with Crippen LogP contribution in [0.25, 0.3) is 0 Å². The molecule has 174 valence electrons. The van der Waals surface area contributed by atoms with E-state index in [0.717, 1.165) is 39.5 Å². The monoisotopic (exact) mass is 412 g/mol. The van der Waals surface area contributed by atoms with Crippen molar-refractivity contribution in [3.8, 4) is 0 Å². The molecule has 0 N–H and O–H groups in total. The van der Waals surface area contributed by atoms with Crippen LogP contribution in [-0.2, 0) is 14.2 Å². The van der Waals surface area contributed by atoms with Crippen LogP contribution in [0.3, 0.4) is 0 Å². The highest BCUT2D eigenvalue weighted by atomic mass is 16.5. The van der Waals surface area contributed by atoms with Gasteiger partial charge in [-0.25, -0.2) is 0 Å². The Morgan fingerprint density at radius 1 is 0.586 bits per heavy atom. The predicted molar refractivity (Wildman–Crippen MR) is 125 cm³/mol. The molecule has 0 aromatic heterocycles. The first kappa shape index (κ1) is 26.9. The van der Waals surface area contributed by atoms with Gasteiger partial charge in [0.1, 0.15) is 0 Å². The van der Waals surface area contributed by atoms with E-state index in [0.29, 0.717) is 12.0 Å². The van der Waals surface area contributed by atoms with Crippen molar-refractivity contribution >= 4 is 0 Å². The summed E-state index contributed by atoms with van der Waals surface area (Å²) >= 11 is 0. The zero-order chi connectivity index (χ0) is 20.8. The van der Waals surface area contributed by atoms with Crippen molar-refractivity contribution in [2.75, 3.05) is 33.0 Å². The van der Waals surface area contributed by atoms with Crippen LogP contribution in [0.5, 0.6) is 0 Å². The lowest BCUT2D eigenvalue weighted by Gasteiger charge is -2.11. The average molecular weight is 413 g/mol. The fraction of sp³-hybridized carbons (Fsp3) is 1.00. The minimum atomic E-state index is 0.293. The van der Waals surface area contributed by atoms with Crippen LogP contribution < -0.4 is 0 Å². The number of hydrogen-bond acceptors (Lipinski definition) is 3. The molecule has 1 fully saturated rings. The molecule has 0 aromatic rings. The molecule has 29 heavy (non-hydrogen) atoms. The summed E-state index contributed by atoms with van der Waals surface area (Å²) in [5.74, 6) is 0.570. The van der Waals surface area contributed by atoms with Gasteiger partial charge in [0.05, 0.1) is 25.9 Å². The standard InChI is InChI=1S/C26H52O3/c1-3-5-7-9-10-11-12-13-14-15-16-18-19-27-22-25-21-26(29-23-25)24-28-20-17-8-6-4-2/h25-26H,3-24H2,1-2H3. The van der Waals surface area contributed by atoms with Crippen molar-refractivity contribution in [3.05, 3.63) is 0 Å². The topological polar surface area (TPSA) is 27.7 Å². The van der Waals surface area contributed by atoms with Crippen molar-refractivity contribution in [2.45, 2.75) is 129 Å². The molecule has 0 saturated carbocycles. The molecule has 1 heterocycles. The molecule has 3 heteroatoms.